The van der Waals surface area contributed by atoms with Crippen molar-refractivity contribution in [3.8, 4) is 0 Å². The Morgan fingerprint density at radius 2 is 1.73 bits per heavy atom. The van der Waals surface area contributed by atoms with Gasteiger partial charge in [0, 0.05) is 6.42 Å². The van der Waals surface area contributed by atoms with Gasteiger partial charge in [0.1, 0.15) is 12.2 Å². The first-order valence-corrected chi connectivity index (χ1v) is 9.34. The van der Waals surface area contributed by atoms with Crippen LogP contribution in [0.4, 0.5) is 4.79 Å². The van der Waals surface area contributed by atoms with Gasteiger partial charge in [-0.2, -0.15) is 0 Å². The highest BCUT2D eigenvalue weighted by Gasteiger charge is 2.20. The predicted molar refractivity (Wildman–Crippen MR) is 109 cm³/mol. The summed E-state index contributed by atoms with van der Waals surface area (Å²) in [7, 11) is 0. The van der Waals surface area contributed by atoms with Crippen molar-refractivity contribution in [3.05, 3.63) is 35.9 Å². The Morgan fingerprint density at radius 1 is 1.13 bits per heavy atom. The fourth-order valence-corrected chi connectivity index (χ4v) is 1.78. The average Bonchev–Trinajstić information content (AvgIpc) is 2.68. The maximum Gasteiger partial charge on any atom is 0.408 e. The van der Waals surface area contributed by atoms with Crippen LogP contribution < -0.4 is 16.4 Å². The third-order valence-corrected chi connectivity index (χ3v) is 3.15. The Bertz CT molecular complexity index is 687. The number of hydrogen-bond donors (Lipinski definition) is 4. The monoisotopic (exact) mass is 425 g/mol. The Balaban J connectivity index is 0.000000612. The standard InChI is InChI=1S/C13H17NO4.C7H14N2O3/c1-2-12(16)14-11(8-15)13(17)18-9-10-6-4-3-5-7-10;1-7(2,3)12-6(11)9-4-5(8)10/h3-7,11,15H,2,8-9H2,1H3,(H,14,16);4H2,1-3H3,(H2,8,10)(H,9,11). The zero-order valence-electron chi connectivity index (χ0n) is 17.8. The molecule has 0 radical (unpaired) electrons. The molecule has 0 aromatic heterocycles. The van der Waals surface area contributed by atoms with Crippen LogP contribution in [0.5, 0.6) is 0 Å². The molecule has 0 spiro atoms. The number of hydrogen-bond acceptors (Lipinski definition) is 7. The first-order valence-electron chi connectivity index (χ1n) is 9.34. The number of amides is 3. The Morgan fingerprint density at radius 3 is 2.20 bits per heavy atom. The summed E-state index contributed by atoms with van der Waals surface area (Å²) in [5.41, 5.74) is 5.09. The van der Waals surface area contributed by atoms with Gasteiger partial charge in [-0.05, 0) is 26.3 Å². The van der Waals surface area contributed by atoms with E-state index in [1.54, 1.807) is 27.7 Å². The lowest BCUT2D eigenvalue weighted by atomic mass is 10.2. The molecule has 0 fully saturated rings. The molecule has 1 rings (SSSR count). The van der Waals surface area contributed by atoms with Crippen molar-refractivity contribution in [2.24, 2.45) is 5.73 Å². The predicted octanol–water partition coefficient (Wildman–Crippen LogP) is 0.613. The van der Waals surface area contributed by atoms with E-state index in [0.717, 1.165) is 5.56 Å². The van der Waals surface area contributed by atoms with Gasteiger partial charge in [-0.3, -0.25) is 9.59 Å². The van der Waals surface area contributed by atoms with E-state index in [9.17, 15) is 19.2 Å². The molecule has 168 valence electrons. The van der Waals surface area contributed by atoms with Crippen molar-refractivity contribution < 1.29 is 33.8 Å². The van der Waals surface area contributed by atoms with Crippen LogP contribution in [0, 0.1) is 0 Å². The van der Waals surface area contributed by atoms with E-state index in [0.29, 0.717) is 0 Å². The van der Waals surface area contributed by atoms with E-state index in [2.05, 4.69) is 10.6 Å². The van der Waals surface area contributed by atoms with Crippen molar-refractivity contribution in [1.82, 2.24) is 10.6 Å². The largest absolute Gasteiger partial charge is 0.459 e. The van der Waals surface area contributed by atoms with Gasteiger partial charge in [0.05, 0.1) is 13.2 Å². The lowest BCUT2D eigenvalue weighted by Crippen LogP contribution is -2.44. The molecule has 30 heavy (non-hydrogen) atoms. The molecule has 5 N–H and O–H groups in total. The molecule has 1 aromatic rings. The molecule has 3 amide bonds. The number of aliphatic hydroxyl groups is 1. The number of alkyl carbamates (subject to hydrolysis) is 1. The van der Waals surface area contributed by atoms with Crippen LogP contribution in [-0.2, 0) is 30.5 Å². The molecule has 0 aliphatic heterocycles. The molecule has 10 nitrogen and oxygen atoms in total. The van der Waals surface area contributed by atoms with Crippen molar-refractivity contribution in [1.29, 1.82) is 0 Å². The average molecular weight is 425 g/mol. The van der Waals surface area contributed by atoms with Crippen LogP contribution in [0.1, 0.15) is 39.7 Å². The number of esters is 1. The number of ether oxygens (including phenoxy) is 2. The van der Waals surface area contributed by atoms with Crippen LogP contribution >= 0.6 is 0 Å². The SMILES string of the molecule is CC(C)(C)OC(=O)NCC(N)=O.CCC(=O)NC(CO)C(=O)OCc1ccccc1. The Hall–Kier alpha value is -3.14. The summed E-state index contributed by atoms with van der Waals surface area (Å²) in [6, 6.07) is 8.19. The minimum Gasteiger partial charge on any atom is -0.459 e. The van der Waals surface area contributed by atoms with Gasteiger partial charge in [0.15, 0.2) is 6.04 Å². The van der Waals surface area contributed by atoms with E-state index >= 15 is 0 Å². The van der Waals surface area contributed by atoms with E-state index < -0.39 is 36.2 Å². The van der Waals surface area contributed by atoms with E-state index in [1.165, 1.54) is 0 Å². The van der Waals surface area contributed by atoms with Gasteiger partial charge in [-0.25, -0.2) is 9.59 Å². The minimum absolute atomic E-state index is 0.123. The molecule has 1 unspecified atom stereocenters. The lowest BCUT2D eigenvalue weighted by Gasteiger charge is -2.19. The van der Waals surface area contributed by atoms with Crippen molar-refractivity contribution in [2.75, 3.05) is 13.2 Å². The highest BCUT2D eigenvalue weighted by molar-refractivity contribution is 5.84. The lowest BCUT2D eigenvalue weighted by molar-refractivity contribution is -0.150. The second kappa shape index (κ2) is 13.9. The smallest absolute Gasteiger partial charge is 0.408 e. The summed E-state index contributed by atoms with van der Waals surface area (Å²) in [6.45, 7) is 6.32. The third-order valence-electron chi connectivity index (χ3n) is 3.15. The van der Waals surface area contributed by atoms with Crippen molar-refractivity contribution in [3.63, 3.8) is 0 Å². The summed E-state index contributed by atoms with van der Waals surface area (Å²) >= 11 is 0. The topological polar surface area (TPSA) is 157 Å². The second-order valence-corrected chi connectivity index (χ2v) is 7.07. The van der Waals surface area contributed by atoms with Crippen molar-refractivity contribution in [2.45, 2.75) is 52.4 Å². The van der Waals surface area contributed by atoms with Gasteiger partial charge < -0.3 is 30.9 Å². The summed E-state index contributed by atoms with van der Waals surface area (Å²) < 4.78 is 9.84. The van der Waals surface area contributed by atoms with Crippen LogP contribution in [0.3, 0.4) is 0 Å². The quantitative estimate of drug-likeness (QED) is 0.444. The van der Waals surface area contributed by atoms with Crippen LogP contribution in [-0.4, -0.2) is 53.8 Å². The van der Waals surface area contributed by atoms with Crippen LogP contribution in [0.2, 0.25) is 0 Å². The van der Waals surface area contributed by atoms with Gasteiger partial charge in [-0.1, -0.05) is 37.3 Å². The van der Waals surface area contributed by atoms with E-state index in [1.807, 2.05) is 30.3 Å². The number of carbonyl (C=O) groups excluding carboxylic acids is 4. The molecule has 1 atom stereocenters. The molecule has 10 heteroatoms. The highest BCUT2D eigenvalue weighted by atomic mass is 16.6. The van der Waals surface area contributed by atoms with E-state index in [-0.39, 0.29) is 25.5 Å². The van der Waals surface area contributed by atoms with Gasteiger partial charge in [0.2, 0.25) is 11.8 Å². The summed E-state index contributed by atoms with van der Waals surface area (Å²) in [5, 5.41) is 13.6. The number of benzene rings is 1. The molecule has 0 heterocycles. The summed E-state index contributed by atoms with van der Waals surface area (Å²) in [4.78, 5) is 43.8. The molecular formula is C20H31N3O7. The molecule has 0 bridgehead atoms. The third kappa shape index (κ3) is 13.9. The van der Waals surface area contributed by atoms with E-state index in [4.69, 9.17) is 20.3 Å². The van der Waals surface area contributed by atoms with Gasteiger partial charge >= 0.3 is 12.1 Å². The fourth-order valence-electron chi connectivity index (χ4n) is 1.78. The first-order chi connectivity index (χ1) is 14.0. The second-order valence-electron chi connectivity index (χ2n) is 7.07. The molecular weight excluding hydrogens is 394 g/mol. The van der Waals surface area contributed by atoms with Gasteiger partial charge in [-0.15, -0.1) is 0 Å². The molecule has 1 aromatic carbocycles. The van der Waals surface area contributed by atoms with Gasteiger partial charge in [0.25, 0.3) is 0 Å². The molecule has 0 saturated heterocycles. The number of primary amides is 1. The highest BCUT2D eigenvalue weighted by Crippen LogP contribution is 2.06. The maximum absolute atomic E-state index is 11.6. The zero-order chi connectivity index (χ0) is 23.2. The van der Waals surface area contributed by atoms with Crippen molar-refractivity contribution >= 4 is 23.9 Å². The fraction of sp³-hybridized carbons (Fsp3) is 0.500. The van der Waals surface area contributed by atoms with Crippen LogP contribution in [0.15, 0.2) is 30.3 Å². The first kappa shape index (κ1) is 26.9. The summed E-state index contributed by atoms with van der Waals surface area (Å²) in [5.74, 6) is -1.53. The maximum atomic E-state index is 11.6. The minimum atomic E-state index is -0.999. The number of nitrogens with two attached hydrogens (primary N) is 1. The number of carbonyl (C=O) groups is 4. The Kier molecular flexibility index (Phi) is 12.5. The number of aliphatic hydroxyl groups excluding tert-OH is 1. The molecule has 0 aliphatic carbocycles. The molecule has 0 aliphatic rings. The number of rotatable bonds is 8. The normalized spacial score (nSPS) is 11.2. The number of nitrogens with one attached hydrogen (secondary N) is 2. The molecule has 0 saturated carbocycles. The summed E-state index contributed by atoms with van der Waals surface area (Å²) in [6.07, 6.45) is -0.385. The zero-order valence-corrected chi connectivity index (χ0v) is 17.8. The van der Waals surface area contributed by atoms with Crippen LogP contribution in [0.25, 0.3) is 0 Å². The Labute approximate surface area is 176 Å².